The first kappa shape index (κ1) is 17.8. The van der Waals surface area contributed by atoms with Gasteiger partial charge in [0, 0.05) is 31.4 Å². The Morgan fingerprint density at radius 3 is 2.62 bits per heavy atom. The molecule has 136 valence electrons. The molecule has 3 rings (SSSR count). The molecule has 0 saturated carbocycles. The number of aromatic nitrogens is 3. The second-order valence-electron chi connectivity index (χ2n) is 5.79. The van der Waals surface area contributed by atoms with Crippen LogP contribution in [0.4, 0.5) is 15.9 Å². The molecule has 0 atom stereocenters. The van der Waals surface area contributed by atoms with E-state index >= 15 is 0 Å². The Kier molecular flexibility index (Phi) is 4.60. The Morgan fingerprint density at radius 1 is 1.15 bits per heavy atom. The average molecular weight is 377 g/mol. The van der Waals surface area contributed by atoms with E-state index in [-0.39, 0.29) is 11.6 Å². The van der Waals surface area contributed by atoms with E-state index in [4.69, 9.17) is 4.52 Å². The molecule has 8 nitrogen and oxygen atoms in total. The van der Waals surface area contributed by atoms with E-state index in [2.05, 4.69) is 19.8 Å². The number of hydrogen-bond acceptors (Lipinski definition) is 7. The predicted octanol–water partition coefficient (Wildman–Crippen LogP) is 2.38. The van der Waals surface area contributed by atoms with E-state index in [1.807, 2.05) is 19.0 Å². The van der Waals surface area contributed by atoms with Crippen LogP contribution >= 0.6 is 0 Å². The first-order valence-corrected chi connectivity index (χ1v) is 9.37. The summed E-state index contributed by atoms with van der Waals surface area (Å²) in [5, 5.41) is 3.93. The third-order valence-corrected chi connectivity index (χ3v) is 3.99. The SMILES string of the molecule is CN(C)c1cc(-c2noc(-c3ccc(F)c(NS(C)(=O)=O)c3)n2)ccn1. The smallest absolute Gasteiger partial charge is 0.258 e. The van der Waals surface area contributed by atoms with Gasteiger partial charge in [0.15, 0.2) is 0 Å². The fraction of sp³-hybridized carbons (Fsp3) is 0.188. The van der Waals surface area contributed by atoms with Crippen molar-refractivity contribution >= 4 is 21.5 Å². The predicted molar refractivity (Wildman–Crippen MR) is 95.7 cm³/mol. The number of nitrogens with zero attached hydrogens (tertiary/aromatic N) is 4. The van der Waals surface area contributed by atoms with Crippen molar-refractivity contribution in [3.05, 3.63) is 42.3 Å². The van der Waals surface area contributed by atoms with Gasteiger partial charge in [0.2, 0.25) is 15.8 Å². The molecule has 2 heterocycles. The summed E-state index contributed by atoms with van der Waals surface area (Å²) in [4.78, 5) is 10.4. The number of sulfonamides is 1. The largest absolute Gasteiger partial charge is 0.363 e. The van der Waals surface area contributed by atoms with Crippen LogP contribution in [0.3, 0.4) is 0 Å². The standard InChI is InChI=1S/C16H16FN5O3S/c1-22(2)14-9-10(6-7-18-14)15-19-16(25-20-15)11-4-5-12(17)13(8-11)21-26(3,23)24/h4-9,21H,1-3H3. The Labute approximate surface area is 149 Å². The number of pyridine rings is 1. The van der Waals surface area contributed by atoms with Crippen molar-refractivity contribution in [3.8, 4) is 22.8 Å². The maximum atomic E-state index is 13.8. The van der Waals surface area contributed by atoms with Crippen LogP contribution in [0.25, 0.3) is 22.8 Å². The van der Waals surface area contributed by atoms with Gasteiger partial charge < -0.3 is 9.42 Å². The van der Waals surface area contributed by atoms with Gasteiger partial charge in [-0.3, -0.25) is 4.72 Å². The quantitative estimate of drug-likeness (QED) is 0.728. The highest BCUT2D eigenvalue weighted by Crippen LogP contribution is 2.27. The zero-order valence-electron chi connectivity index (χ0n) is 14.3. The van der Waals surface area contributed by atoms with Gasteiger partial charge in [0.25, 0.3) is 5.89 Å². The van der Waals surface area contributed by atoms with Crippen LogP contribution in [0.2, 0.25) is 0 Å². The number of benzene rings is 1. The Hall–Kier alpha value is -3.01. The van der Waals surface area contributed by atoms with E-state index in [9.17, 15) is 12.8 Å². The Bertz CT molecular complexity index is 1050. The molecule has 0 aliphatic rings. The summed E-state index contributed by atoms with van der Waals surface area (Å²) in [6.45, 7) is 0. The lowest BCUT2D eigenvalue weighted by atomic mass is 10.2. The summed E-state index contributed by atoms with van der Waals surface area (Å²) in [6, 6.07) is 7.39. The highest BCUT2D eigenvalue weighted by molar-refractivity contribution is 7.92. The van der Waals surface area contributed by atoms with Crippen LogP contribution < -0.4 is 9.62 Å². The van der Waals surface area contributed by atoms with Gasteiger partial charge in [-0.15, -0.1) is 0 Å². The van der Waals surface area contributed by atoms with E-state index in [0.717, 1.165) is 18.1 Å². The average Bonchev–Trinajstić information content (AvgIpc) is 3.06. The Morgan fingerprint density at radius 2 is 1.92 bits per heavy atom. The van der Waals surface area contributed by atoms with Gasteiger partial charge in [-0.25, -0.2) is 17.8 Å². The van der Waals surface area contributed by atoms with Crippen molar-refractivity contribution < 1.29 is 17.3 Å². The van der Waals surface area contributed by atoms with E-state index in [1.54, 1.807) is 18.3 Å². The Balaban J connectivity index is 1.95. The monoisotopic (exact) mass is 377 g/mol. The summed E-state index contributed by atoms with van der Waals surface area (Å²) in [6.07, 6.45) is 2.57. The molecule has 0 aliphatic heterocycles. The van der Waals surface area contributed by atoms with Crippen molar-refractivity contribution in [2.24, 2.45) is 0 Å². The molecule has 3 aromatic rings. The molecular formula is C16H16FN5O3S. The van der Waals surface area contributed by atoms with Crippen LogP contribution in [0.15, 0.2) is 41.1 Å². The molecule has 0 saturated heterocycles. The number of halogens is 1. The molecule has 0 unspecified atom stereocenters. The van der Waals surface area contributed by atoms with Gasteiger partial charge in [0.1, 0.15) is 11.6 Å². The van der Waals surface area contributed by atoms with Crippen LogP contribution in [0, 0.1) is 5.82 Å². The van der Waals surface area contributed by atoms with Crippen molar-refractivity contribution in [3.63, 3.8) is 0 Å². The van der Waals surface area contributed by atoms with Crippen LogP contribution in [-0.2, 0) is 10.0 Å². The zero-order valence-corrected chi connectivity index (χ0v) is 15.1. The minimum Gasteiger partial charge on any atom is -0.363 e. The van der Waals surface area contributed by atoms with Gasteiger partial charge >= 0.3 is 0 Å². The molecule has 2 aromatic heterocycles. The molecule has 10 heteroatoms. The number of anilines is 2. The van der Waals surface area contributed by atoms with Crippen LogP contribution in [0.1, 0.15) is 0 Å². The number of nitrogens with one attached hydrogen (secondary N) is 1. The van der Waals surface area contributed by atoms with E-state index in [0.29, 0.717) is 17.0 Å². The van der Waals surface area contributed by atoms with Crippen molar-refractivity contribution in [1.29, 1.82) is 0 Å². The third-order valence-electron chi connectivity index (χ3n) is 3.40. The second-order valence-corrected chi connectivity index (χ2v) is 7.54. The minimum atomic E-state index is -3.62. The fourth-order valence-electron chi connectivity index (χ4n) is 2.20. The fourth-order valence-corrected chi connectivity index (χ4v) is 2.75. The molecule has 0 spiro atoms. The molecule has 0 bridgehead atoms. The van der Waals surface area contributed by atoms with Crippen LogP contribution in [0.5, 0.6) is 0 Å². The highest BCUT2D eigenvalue weighted by Gasteiger charge is 2.15. The first-order valence-electron chi connectivity index (χ1n) is 7.48. The van der Waals surface area contributed by atoms with Gasteiger partial charge in [-0.2, -0.15) is 4.98 Å². The molecule has 1 aromatic carbocycles. The summed E-state index contributed by atoms with van der Waals surface area (Å²) in [7, 11) is 0.110. The molecular weight excluding hydrogens is 361 g/mol. The lowest BCUT2D eigenvalue weighted by molar-refractivity contribution is 0.432. The summed E-state index contributed by atoms with van der Waals surface area (Å²) in [5.41, 5.74) is 0.900. The van der Waals surface area contributed by atoms with Gasteiger partial charge in [0.05, 0.1) is 11.9 Å². The summed E-state index contributed by atoms with van der Waals surface area (Å²) in [5.74, 6) is 0.506. The van der Waals surface area contributed by atoms with Gasteiger partial charge in [-0.1, -0.05) is 5.16 Å². The van der Waals surface area contributed by atoms with Crippen LogP contribution in [-0.4, -0.2) is 43.9 Å². The molecule has 0 aliphatic carbocycles. The van der Waals surface area contributed by atoms with Crippen molar-refractivity contribution in [1.82, 2.24) is 15.1 Å². The number of rotatable bonds is 5. The molecule has 0 fully saturated rings. The maximum absolute atomic E-state index is 13.8. The minimum absolute atomic E-state index is 0.139. The topological polar surface area (TPSA) is 101 Å². The second kappa shape index (κ2) is 6.71. The summed E-state index contributed by atoms with van der Waals surface area (Å²) >= 11 is 0. The lowest BCUT2D eigenvalue weighted by Gasteiger charge is -2.10. The normalized spacial score (nSPS) is 11.4. The first-order chi connectivity index (χ1) is 12.2. The van der Waals surface area contributed by atoms with E-state index in [1.165, 1.54) is 12.1 Å². The zero-order chi connectivity index (χ0) is 18.9. The van der Waals surface area contributed by atoms with E-state index < -0.39 is 15.8 Å². The van der Waals surface area contributed by atoms with Crippen molar-refractivity contribution in [2.75, 3.05) is 30.0 Å². The third kappa shape index (κ3) is 3.97. The molecule has 0 radical (unpaired) electrons. The lowest BCUT2D eigenvalue weighted by Crippen LogP contribution is -2.10. The highest BCUT2D eigenvalue weighted by atomic mass is 32.2. The summed E-state index contributed by atoms with van der Waals surface area (Å²) < 4.78 is 43.8. The number of hydrogen-bond donors (Lipinski definition) is 1. The molecule has 26 heavy (non-hydrogen) atoms. The van der Waals surface area contributed by atoms with Gasteiger partial charge in [-0.05, 0) is 30.3 Å². The van der Waals surface area contributed by atoms with Crippen molar-refractivity contribution in [2.45, 2.75) is 0 Å². The maximum Gasteiger partial charge on any atom is 0.258 e. The molecule has 0 amide bonds. The molecule has 1 N–H and O–H groups in total.